The maximum atomic E-state index is 13.0. The van der Waals surface area contributed by atoms with Crippen molar-refractivity contribution in [2.45, 2.75) is 19.9 Å². The minimum atomic E-state index is -0.597. The molecule has 88 valence electrons. The molecule has 3 nitrogen and oxygen atoms in total. The topological polar surface area (TPSA) is 38.3 Å². The zero-order valence-electron chi connectivity index (χ0n) is 9.50. The summed E-state index contributed by atoms with van der Waals surface area (Å²) in [6.45, 7) is 4.55. The van der Waals surface area contributed by atoms with Crippen molar-refractivity contribution in [3.05, 3.63) is 35.6 Å². The third-order valence-electron chi connectivity index (χ3n) is 2.11. The first kappa shape index (κ1) is 12.6. The normalized spacial score (nSPS) is 12.2. The van der Waals surface area contributed by atoms with E-state index in [2.05, 4.69) is 5.32 Å². The van der Waals surface area contributed by atoms with Crippen molar-refractivity contribution in [1.82, 2.24) is 5.32 Å². The van der Waals surface area contributed by atoms with Gasteiger partial charge in [-0.15, -0.1) is 0 Å². The number of ether oxygens (including phenoxy) is 1. The van der Waals surface area contributed by atoms with Crippen LogP contribution in [0.2, 0.25) is 0 Å². The number of carbonyl (C=O) groups excluding carboxylic acids is 1. The molecule has 0 saturated heterocycles. The molecular formula is C12H16FNO2. The van der Waals surface area contributed by atoms with E-state index in [1.54, 1.807) is 19.1 Å². The summed E-state index contributed by atoms with van der Waals surface area (Å²) < 4.78 is 18.0. The van der Waals surface area contributed by atoms with Gasteiger partial charge in [-0.2, -0.15) is 0 Å². The van der Waals surface area contributed by atoms with E-state index in [-0.39, 0.29) is 11.8 Å². The lowest BCUT2D eigenvalue weighted by atomic mass is 10.1. The zero-order valence-corrected chi connectivity index (χ0v) is 9.50. The van der Waals surface area contributed by atoms with Crippen LogP contribution in [0.1, 0.15) is 25.5 Å². The fourth-order valence-electron chi connectivity index (χ4n) is 1.45. The molecule has 0 fully saturated rings. The lowest BCUT2D eigenvalue weighted by Gasteiger charge is -2.16. The maximum absolute atomic E-state index is 13.0. The van der Waals surface area contributed by atoms with E-state index in [1.165, 1.54) is 12.1 Å². The molecule has 0 bridgehead atoms. The van der Waals surface area contributed by atoms with Crippen LogP contribution in [0.4, 0.5) is 4.39 Å². The van der Waals surface area contributed by atoms with Crippen LogP contribution in [-0.4, -0.2) is 19.1 Å². The number of hydrogen-bond acceptors (Lipinski definition) is 3. The second kappa shape index (κ2) is 6.23. The van der Waals surface area contributed by atoms with Gasteiger partial charge in [-0.05, 0) is 31.2 Å². The highest BCUT2D eigenvalue weighted by atomic mass is 19.1. The Morgan fingerprint density at radius 3 is 2.81 bits per heavy atom. The van der Waals surface area contributed by atoms with E-state index in [4.69, 9.17) is 4.74 Å². The lowest BCUT2D eigenvalue weighted by molar-refractivity contribution is -0.145. The summed E-state index contributed by atoms with van der Waals surface area (Å²) in [5.41, 5.74) is 0.584. The van der Waals surface area contributed by atoms with Crippen LogP contribution in [0.5, 0.6) is 0 Å². The molecule has 1 rings (SSSR count). The fraction of sp³-hybridized carbons (Fsp3) is 0.417. The second-order valence-electron chi connectivity index (χ2n) is 3.30. The van der Waals surface area contributed by atoms with Crippen LogP contribution in [0.15, 0.2) is 24.3 Å². The van der Waals surface area contributed by atoms with Gasteiger partial charge < -0.3 is 10.1 Å². The molecule has 0 radical (unpaired) electrons. The van der Waals surface area contributed by atoms with Crippen LogP contribution >= 0.6 is 0 Å². The van der Waals surface area contributed by atoms with Gasteiger partial charge >= 0.3 is 5.97 Å². The van der Waals surface area contributed by atoms with Crippen molar-refractivity contribution in [3.8, 4) is 0 Å². The van der Waals surface area contributed by atoms with Gasteiger partial charge in [-0.3, -0.25) is 0 Å². The van der Waals surface area contributed by atoms with E-state index < -0.39 is 6.04 Å². The third-order valence-corrected chi connectivity index (χ3v) is 2.11. The molecule has 0 spiro atoms. The molecule has 1 aromatic carbocycles. The van der Waals surface area contributed by atoms with E-state index in [1.807, 2.05) is 6.92 Å². The molecule has 1 atom stereocenters. The van der Waals surface area contributed by atoms with Gasteiger partial charge in [-0.25, -0.2) is 9.18 Å². The van der Waals surface area contributed by atoms with E-state index in [0.29, 0.717) is 18.7 Å². The average molecular weight is 225 g/mol. The number of halogens is 1. The van der Waals surface area contributed by atoms with Crippen molar-refractivity contribution in [3.63, 3.8) is 0 Å². The summed E-state index contributed by atoms with van der Waals surface area (Å²) in [6.07, 6.45) is 0. The maximum Gasteiger partial charge on any atom is 0.327 e. The Kier molecular flexibility index (Phi) is 4.92. The van der Waals surface area contributed by atoms with E-state index in [0.717, 1.165) is 0 Å². The van der Waals surface area contributed by atoms with Gasteiger partial charge in [0.2, 0.25) is 0 Å². The van der Waals surface area contributed by atoms with Gasteiger partial charge in [0, 0.05) is 0 Å². The predicted octanol–water partition coefficient (Wildman–Crippen LogP) is 2.04. The Hall–Kier alpha value is -1.42. The summed E-state index contributed by atoms with van der Waals surface area (Å²) in [7, 11) is 0. The predicted molar refractivity (Wildman–Crippen MR) is 59.5 cm³/mol. The van der Waals surface area contributed by atoms with Gasteiger partial charge in [0.15, 0.2) is 0 Å². The Labute approximate surface area is 94.6 Å². The lowest BCUT2D eigenvalue weighted by Crippen LogP contribution is -2.30. The molecule has 0 saturated carbocycles. The number of benzene rings is 1. The minimum absolute atomic E-state index is 0.316. The first-order valence-corrected chi connectivity index (χ1v) is 5.34. The quantitative estimate of drug-likeness (QED) is 0.779. The average Bonchev–Trinajstić information content (AvgIpc) is 2.26. The zero-order chi connectivity index (χ0) is 12.0. The van der Waals surface area contributed by atoms with E-state index >= 15 is 0 Å². The molecule has 0 aliphatic carbocycles. The summed E-state index contributed by atoms with van der Waals surface area (Å²) in [4.78, 5) is 11.6. The molecule has 4 heteroatoms. The fourth-order valence-corrected chi connectivity index (χ4v) is 1.45. The molecule has 1 N–H and O–H groups in total. The van der Waals surface area contributed by atoms with Crippen LogP contribution in [0.3, 0.4) is 0 Å². The molecule has 16 heavy (non-hydrogen) atoms. The molecular weight excluding hydrogens is 209 g/mol. The number of esters is 1. The number of hydrogen-bond donors (Lipinski definition) is 1. The molecule has 0 heterocycles. The monoisotopic (exact) mass is 225 g/mol. The summed E-state index contributed by atoms with van der Waals surface area (Å²) in [5, 5.41) is 2.97. The Bertz CT molecular complexity index is 355. The highest BCUT2D eigenvalue weighted by Crippen LogP contribution is 2.15. The van der Waals surface area contributed by atoms with Crippen LogP contribution in [0, 0.1) is 5.82 Å². The third kappa shape index (κ3) is 3.31. The van der Waals surface area contributed by atoms with Crippen molar-refractivity contribution >= 4 is 5.97 Å². The summed E-state index contributed by atoms with van der Waals surface area (Å²) in [6, 6.07) is 5.37. The highest BCUT2D eigenvalue weighted by molar-refractivity contribution is 5.77. The standard InChI is InChI=1S/C12H16FNO2/c1-3-14-11(12(15)16-4-2)9-6-5-7-10(13)8-9/h5-8,11,14H,3-4H2,1-2H3. The Morgan fingerprint density at radius 2 is 2.25 bits per heavy atom. The highest BCUT2D eigenvalue weighted by Gasteiger charge is 2.20. The van der Waals surface area contributed by atoms with Crippen molar-refractivity contribution in [2.75, 3.05) is 13.2 Å². The summed E-state index contributed by atoms with van der Waals surface area (Å²) >= 11 is 0. The number of rotatable bonds is 5. The Balaban J connectivity index is 2.88. The second-order valence-corrected chi connectivity index (χ2v) is 3.30. The largest absolute Gasteiger partial charge is 0.465 e. The first-order valence-electron chi connectivity index (χ1n) is 5.34. The summed E-state index contributed by atoms with van der Waals surface area (Å²) in [5.74, 6) is -0.736. The minimum Gasteiger partial charge on any atom is -0.465 e. The molecule has 0 aromatic heterocycles. The molecule has 0 aliphatic heterocycles. The van der Waals surface area contributed by atoms with Gasteiger partial charge in [-0.1, -0.05) is 19.1 Å². The van der Waals surface area contributed by atoms with Crippen molar-refractivity contribution in [2.24, 2.45) is 0 Å². The molecule has 0 aliphatic rings. The van der Waals surface area contributed by atoms with Crippen LogP contribution < -0.4 is 5.32 Å². The van der Waals surface area contributed by atoms with Gasteiger partial charge in [0.25, 0.3) is 0 Å². The van der Waals surface area contributed by atoms with Crippen molar-refractivity contribution < 1.29 is 13.9 Å². The van der Waals surface area contributed by atoms with Crippen LogP contribution in [-0.2, 0) is 9.53 Å². The van der Waals surface area contributed by atoms with Gasteiger partial charge in [0.05, 0.1) is 6.61 Å². The number of nitrogens with one attached hydrogen (secondary N) is 1. The van der Waals surface area contributed by atoms with E-state index in [9.17, 15) is 9.18 Å². The molecule has 1 unspecified atom stereocenters. The first-order chi connectivity index (χ1) is 7.69. The number of likely N-dealkylation sites (N-methyl/N-ethyl adjacent to an activating group) is 1. The molecule has 1 aromatic rings. The SMILES string of the molecule is CCNC(C(=O)OCC)c1cccc(F)c1. The van der Waals surface area contributed by atoms with Crippen LogP contribution in [0.25, 0.3) is 0 Å². The number of carbonyl (C=O) groups is 1. The van der Waals surface area contributed by atoms with Crippen molar-refractivity contribution in [1.29, 1.82) is 0 Å². The molecule has 0 amide bonds. The van der Waals surface area contributed by atoms with Gasteiger partial charge in [0.1, 0.15) is 11.9 Å². The Morgan fingerprint density at radius 1 is 1.50 bits per heavy atom. The smallest absolute Gasteiger partial charge is 0.327 e.